The zero-order chi connectivity index (χ0) is 18.4. The maximum Gasteiger partial charge on any atom is 0.230 e. The van der Waals surface area contributed by atoms with Gasteiger partial charge in [0.05, 0.1) is 5.41 Å². The van der Waals surface area contributed by atoms with Gasteiger partial charge in [-0.05, 0) is 81.8 Å². The van der Waals surface area contributed by atoms with Gasteiger partial charge >= 0.3 is 0 Å². The normalized spacial score (nSPS) is 21.0. The van der Waals surface area contributed by atoms with Gasteiger partial charge in [0.15, 0.2) is 0 Å². The van der Waals surface area contributed by atoms with Crippen LogP contribution in [-0.2, 0) is 10.2 Å². The third-order valence-electron chi connectivity index (χ3n) is 6.33. The lowest BCUT2D eigenvalue weighted by Crippen LogP contribution is -2.43. The molecule has 1 aromatic carbocycles. The first-order chi connectivity index (χ1) is 12.6. The predicted molar refractivity (Wildman–Crippen MR) is 104 cm³/mol. The van der Waals surface area contributed by atoms with Gasteiger partial charge in [-0.15, -0.1) is 0 Å². The summed E-state index contributed by atoms with van der Waals surface area (Å²) in [5.74, 6) is 0.709. The van der Waals surface area contributed by atoms with Crippen LogP contribution in [0.4, 0.5) is 4.39 Å². The van der Waals surface area contributed by atoms with Crippen LogP contribution in [0.2, 0.25) is 0 Å². The van der Waals surface area contributed by atoms with Crippen LogP contribution in [0.3, 0.4) is 0 Å². The molecule has 0 spiro atoms. The quantitative estimate of drug-likeness (QED) is 0.737. The number of carbonyl (C=O) groups is 1. The summed E-state index contributed by atoms with van der Waals surface area (Å²) in [4.78, 5) is 15.5. The Bertz CT molecular complexity index is 590. The number of nitrogens with zero attached hydrogens (tertiary/aromatic N) is 1. The molecule has 1 aliphatic heterocycles. The van der Waals surface area contributed by atoms with Crippen molar-refractivity contribution in [3.63, 3.8) is 0 Å². The monoisotopic (exact) mass is 360 g/mol. The van der Waals surface area contributed by atoms with E-state index in [9.17, 15) is 9.18 Å². The highest BCUT2D eigenvalue weighted by molar-refractivity contribution is 5.88. The molecule has 1 aromatic rings. The Hall–Kier alpha value is -1.42. The fraction of sp³-hybridized carbons (Fsp3) is 0.682. The van der Waals surface area contributed by atoms with Crippen LogP contribution in [0.1, 0.15) is 63.9 Å². The molecular formula is C22H33FN2O. The van der Waals surface area contributed by atoms with Crippen molar-refractivity contribution >= 4 is 5.91 Å². The Morgan fingerprint density at radius 3 is 2.65 bits per heavy atom. The van der Waals surface area contributed by atoms with Crippen LogP contribution in [0.5, 0.6) is 0 Å². The lowest BCUT2D eigenvalue weighted by atomic mass is 9.78. The van der Waals surface area contributed by atoms with E-state index in [0.717, 1.165) is 63.1 Å². The molecule has 144 valence electrons. The number of rotatable bonds is 7. The minimum absolute atomic E-state index is 0.0902. The summed E-state index contributed by atoms with van der Waals surface area (Å²) in [7, 11) is 0. The number of likely N-dealkylation sites (tertiary alicyclic amines) is 1. The highest BCUT2D eigenvalue weighted by Crippen LogP contribution is 2.41. The zero-order valence-corrected chi connectivity index (χ0v) is 16.1. The molecule has 1 aliphatic carbocycles. The Labute approximate surface area is 157 Å². The molecule has 3 rings (SSSR count). The van der Waals surface area contributed by atoms with Crippen molar-refractivity contribution in [2.75, 3.05) is 26.2 Å². The van der Waals surface area contributed by atoms with Crippen molar-refractivity contribution in [2.45, 2.75) is 63.7 Å². The summed E-state index contributed by atoms with van der Waals surface area (Å²) < 4.78 is 13.7. The molecule has 2 aliphatic rings. The average Bonchev–Trinajstić information content (AvgIpc) is 3.14. The van der Waals surface area contributed by atoms with Crippen LogP contribution < -0.4 is 5.32 Å². The average molecular weight is 361 g/mol. The predicted octanol–water partition coefficient (Wildman–Crippen LogP) is 4.27. The highest BCUT2D eigenvalue weighted by atomic mass is 19.1. The Morgan fingerprint density at radius 2 is 1.96 bits per heavy atom. The van der Waals surface area contributed by atoms with Crippen molar-refractivity contribution < 1.29 is 9.18 Å². The van der Waals surface area contributed by atoms with Crippen molar-refractivity contribution in [2.24, 2.45) is 5.92 Å². The van der Waals surface area contributed by atoms with E-state index in [-0.39, 0.29) is 11.7 Å². The molecule has 26 heavy (non-hydrogen) atoms. The summed E-state index contributed by atoms with van der Waals surface area (Å²) in [5.41, 5.74) is 0.320. The van der Waals surface area contributed by atoms with Crippen LogP contribution in [-0.4, -0.2) is 37.0 Å². The minimum Gasteiger partial charge on any atom is -0.355 e. The van der Waals surface area contributed by atoms with Crippen LogP contribution in [0.15, 0.2) is 24.3 Å². The largest absolute Gasteiger partial charge is 0.355 e. The van der Waals surface area contributed by atoms with Crippen LogP contribution in [0, 0.1) is 11.7 Å². The molecule has 0 bridgehead atoms. The van der Waals surface area contributed by atoms with E-state index >= 15 is 0 Å². The van der Waals surface area contributed by atoms with Gasteiger partial charge in [-0.2, -0.15) is 0 Å². The van der Waals surface area contributed by atoms with Gasteiger partial charge in [0.25, 0.3) is 0 Å². The number of nitrogens with one attached hydrogen (secondary N) is 1. The van der Waals surface area contributed by atoms with E-state index in [4.69, 9.17) is 0 Å². The first kappa shape index (κ1) is 19.3. The Balaban J connectivity index is 1.45. The number of unbranched alkanes of at least 4 members (excludes halogenated alkanes) is 1. The number of benzene rings is 1. The fourth-order valence-electron chi connectivity index (χ4n) is 4.53. The van der Waals surface area contributed by atoms with Gasteiger partial charge in [0, 0.05) is 6.54 Å². The van der Waals surface area contributed by atoms with E-state index in [1.54, 1.807) is 12.1 Å². The van der Waals surface area contributed by atoms with Gasteiger partial charge in [-0.25, -0.2) is 4.39 Å². The maximum absolute atomic E-state index is 13.7. The molecule has 1 saturated heterocycles. The summed E-state index contributed by atoms with van der Waals surface area (Å²) in [6.45, 7) is 6.63. The van der Waals surface area contributed by atoms with Gasteiger partial charge in [-0.1, -0.05) is 31.9 Å². The van der Waals surface area contributed by atoms with Crippen LogP contribution >= 0.6 is 0 Å². The minimum atomic E-state index is -0.523. The third kappa shape index (κ3) is 4.64. The molecule has 1 heterocycles. The van der Waals surface area contributed by atoms with E-state index in [1.807, 2.05) is 6.07 Å². The van der Waals surface area contributed by atoms with Gasteiger partial charge < -0.3 is 10.2 Å². The molecule has 3 nitrogen and oxygen atoms in total. The molecular weight excluding hydrogens is 327 g/mol. The first-order valence-corrected chi connectivity index (χ1v) is 10.4. The van der Waals surface area contributed by atoms with Crippen molar-refractivity contribution in [3.8, 4) is 0 Å². The topological polar surface area (TPSA) is 32.3 Å². The van der Waals surface area contributed by atoms with Gasteiger partial charge in [0.1, 0.15) is 5.82 Å². The molecule has 1 N–H and O–H groups in total. The molecule has 0 unspecified atom stereocenters. The zero-order valence-electron chi connectivity index (χ0n) is 16.1. The molecule has 2 fully saturated rings. The number of piperidine rings is 1. The second-order valence-corrected chi connectivity index (χ2v) is 8.29. The van der Waals surface area contributed by atoms with Crippen molar-refractivity contribution in [3.05, 3.63) is 35.6 Å². The second-order valence-electron chi connectivity index (χ2n) is 8.29. The summed E-state index contributed by atoms with van der Waals surface area (Å²) in [6.07, 6.45) is 8.50. The Kier molecular flexibility index (Phi) is 6.68. The standard InChI is InChI=1S/C22H33FN2O/c1-18-9-15-25(16-10-18)14-5-4-13-24-21(26)22(11-2-3-12-22)19-7-6-8-20(23)17-19/h6-8,17-18H,2-5,9-16H2,1H3,(H,24,26). The maximum atomic E-state index is 13.7. The van der Waals surface area contributed by atoms with Crippen LogP contribution in [0.25, 0.3) is 0 Å². The van der Waals surface area contributed by atoms with Crippen molar-refractivity contribution in [1.82, 2.24) is 10.2 Å². The lowest BCUT2D eigenvalue weighted by Gasteiger charge is -2.30. The molecule has 0 atom stereocenters. The smallest absolute Gasteiger partial charge is 0.230 e. The molecule has 0 aromatic heterocycles. The Morgan fingerprint density at radius 1 is 1.23 bits per heavy atom. The molecule has 1 amide bonds. The second kappa shape index (κ2) is 8.98. The fourth-order valence-corrected chi connectivity index (χ4v) is 4.53. The number of hydrogen-bond donors (Lipinski definition) is 1. The molecule has 1 saturated carbocycles. The number of halogens is 1. The highest BCUT2D eigenvalue weighted by Gasteiger charge is 2.42. The number of carbonyl (C=O) groups excluding carboxylic acids is 1. The summed E-state index contributed by atoms with van der Waals surface area (Å²) in [6, 6.07) is 6.62. The molecule has 0 radical (unpaired) electrons. The van der Waals surface area contributed by atoms with E-state index < -0.39 is 5.41 Å². The SMILES string of the molecule is CC1CCN(CCCCNC(=O)C2(c3cccc(F)c3)CCCC2)CC1. The summed E-state index contributed by atoms with van der Waals surface area (Å²) in [5, 5.41) is 3.15. The van der Waals surface area contributed by atoms with E-state index in [0.29, 0.717) is 0 Å². The number of amides is 1. The third-order valence-corrected chi connectivity index (χ3v) is 6.33. The first-order valence-electron chi connectivity index (χ1n) is 10.4. The molecule has 4 heteroatoms. The summed E-state index contributed by atoms with van der Waals surface area (Å²) >= 11 is 0. The number of hydrogen-bond acceptors (Lipinski definition) is 2. The van der Waals surface area contributed by atoms with Gasteiger partial charge in [-0.3, -0.25) is 4.79 Å². The van der Waals surface area contributed by atoms with Crippen molar-refractivity contribution in [1.29, 1.82) is 0 Å². The lowest BCUT2D eigenvalue weighted by molar-refractivity contribution is -0.126. The van der Waals surface area contributed by atoms with Gasteiger partial charge in [0.2, 0.25) is 5.91 Å². The van der Waals surface area contributed by atoms with E-state index in [1.165, 1.54) is 32.0 Å². The van der Waals surface area contributed by atoms with E-state index in [2.05, 4.69) is 17.1 Å².